The predicted octanol–water partition coefficient (Wildman–Crippen LogP) is 4.29. The standard InChI is InChI=1S/C16H15Cl2FO2/c1-21-16-6-5-11(17)7-10(16)8-12(20)9-13-14(18)3-2-4-15(13)19/h2-7,12,20H,8-9H2,1H3. The zero-order valence-electron chi connectivity index (χ0n) is 11.4. The zero-order valence-corrected chi connectivity index (χ0v) is 13.0. The molecular formula is C16H15Cl2FO2. The van der Waals surface area contributed by atoms with E-state index in [-0.39, 0.29) is 6.42 Å². The molecule has 21 heavy (non-hydrogen) atoms. The van der Waals surface area contributed by atoms with Crippen LogP contribution in [-0.4, -0.2) is 18.3 Å². The number of halogens is 3. The van der Waals surface area contributed by atoms with E-state index in [0.29, 0.717) is 27.8 Å². The first-order valence-corrected chi connectivity index (χ1v) is 7.20. The molecular weight excluding hydrogens is 314 g/mol. The SMILES string of the molecule is COc1ccc(Cl)cc1CC(O)Cc1c(F)cccc1Cl. The van der Waals surface area contributed by atoms with Crippen molar-refractivity contribution in [2.75, 3.05) is 7.11 Å². The molecule has 0 radical (unpaired) electrons. The summed E-state index contributed by atoms with van der Waals surface area (Å²) in [5.41, 5.74) is 1.08. The Balaban J connectivity index is 2.15. The number of hydrogen-bond acceptors (Lipinski definition) is 2. The van der Waals surface area contributed by atoms with Gasteiger partial charge in [0.2, 0.25) is 0 Å². The van der Waals surface area contributed by atoms with E-state index in [9.17, 15) is 9.50 Å². The smallest absolute Gasteiger partial charge is 0.127 e. The lowest BCUT2D eigenvalue weighted by Gasteiger charge is -2.15. The summed E-state index contributed by atoms with van der Waals surface area (Å²) in [6, 6.07) is 9.64. The molecule has 0 fully saturated rings. The summed E-state index contributed by atoms with van der Waals surface area (Å²) in [4.78, 5) is 0. The average molecular weight is 329 g/mol. The summed E-state index contributed by atoms with van der Waals surface area (Å²) >= 11 is 11.9. The summed E-state index contributed by atoms with van der Waals surface area (Å²) in [7, 11) is 1.55. The molecule has 0 aliphatic rings. The van der Waals surface area contributed by atoms with E-state index < -0.39 is 11.9 Å². The third-order valence-corrected chi connectivity index (χ3v) is 3.79. The maximum Gasteiger partial charge on any atom is 0.127 e. The van der Waals surface area contributed by atoms with Gasteiger partial charge in [0.25, 0.3) is 0 Å². The van der Waals surface area contributed by atoms with E-state index >= 15 is 0 Å². The minimum Gasteiger partial charge on any atom is -0.496 e. The minimum absolute atomic E-state index is 0.126. The Bertz CT molecular complexity index is 611. The lowest BCUT2D eigenvalue weighted by molar-refractivity contribution is 0.173. The van der Waals surface area contributed by atoms with Crippen molar-refractivity contribution in [3.05, 3.63) is 63.4 Å². The Morgan fingerprint density at radius 2 is 1.95 bits per heavy atom. The lowest BCUT2D eigenvalue weighted by atomic mass is 10.0. The van der Waals surface area contributed by atoms with Crippen molar-refractivity contribution in [2.24, 2.45) is 0 Å². The second-order valence-electron chi connectivity index (χ2n) is 4.72. The monoisotopic (exact) mass is 328 g/mol. The molecule has 112 valence electrons. The molecule has 0 aliphatic heterocycles. The van der Waals surface area contributed by atoms with Crippen molar-refractivity contribution in [3.8, 4) is 5.75 Å². The Hall–Kier alpha value is -1.29. The van der Waals surface area contributed by atoms with Crippen LogP contribution in [0.25, 0.3) is 0 Å². The third-order valence-electron chi connectivity index (χ3n) is 3.20. The average Bonchev–Trinajstić information content (AvgIpc) is 2.43. The number of benzene rings is 2. The summed E-state index contributed by atoms with van der Waals surface area (Å²) < 4.78 is 18.9. The number of methoxy groups -OCH3 is 1. The molecule has 0 aromatic heterocycles. The number of hydrogen-bond donors (Lipinski definition) is 1. The number of rotatable bonds is 5. The van der Waals surface area contributed by atoms with Crippen molar-refractivity contribution in [1.29, 1.82) is 0 Å². The highest BCUT2D eigenvalue weighted by Gasteiger charge is 2.15. The topological polar surface area (TPSA) is 29.5 Å². The highest BCUT2D eigenvalue weighted by atomic mass is 35.5. The van der Waals surface area contributed by atoms with E-state index in [1.807, 2.05) is 0 Å². The lowest BCUT2D eigenvalue weighted by Crippen LogP contribution is -2.15. The van der Waals surface area contributed by atoms with Crippen molar-refractivity contribution in [1.82, 2.24) is 0 Å². The maximum absolute atomic E-state index is 13.7. The summed E-state index contributed by atoms with van der Waals surface area (Å²) in [6.07, 6.45) is -0.359. The second-order valence-corrected chi connectivity index (χ2v) is 5.56. The molecule has 1 atom stereocenters. The van der Waals surface area contributed by atoms with Gasteiger partial charge in [-0.1, -0.05) is 29.3 Å². The van der Waals surface area contributed by atoms with Crippen molar-refractivity contribution in [2.45, 2.75) is 18.9 Å². The molecule has 2 aromatic carbocycles. The van der Waals surface area contributed by atoms with Gasteiger partial charge in [-0.05, 0) is 35.9 Å². The fourth-order valence-electron chi connectivity index (χ4n) is 2.20. The van der Waals surface area contributed by atoms with Gasteiger partial charge in [-0.25, -0.2) is 4.39 Å². The molecule has 2 rings (SSSR count). The molecule has 5 heteroatoms. The largest absolute Gasteiger partial charge is 0.496 e. The summed E-state index contributed by atoms with van der Waals surface area (Å²) in [6.45, 7) is 0. The van der Waals surface area contributed by atoms with Crippen LogP contribution in [0.3, 0.4) is 0 Å². The molecule has 0 saturated carbocycles. The Kier molecular flexibility index (Phi) is 5.45. The van der Waals surface area contributed by atoms with Gasteiger partial charge in [0.05, 0.1) is 13.2 Å². The summed E-state index contributed by atoms with van der Waals surface area (Å²) in [5.74, 6) is 0.220. The van der Waals surface area contributed by atoms with E-state index in [0.717, 1.165) is 5.56 Å². The summed E-state index contributed by atoms with van der Waals surface area (Å²) in [5, 5.41) is 11.1. The molecule has 0 heterocycles. The van der Waals surface area contributed by atoms with Crippen LogP contribution < -0.4 is 4.74 Å². The van der Waals surface area contributed by atoms with Crippen molar-refractivity contribution in [3.63, 3.8) is 0 Å². The first-order chi connectivity index (χ1) is 10.0. The van der Waals surface area contributed by atoms with Gasteiger partial charge in [-0.3, -0.25) is 0 Å². The molecule has 1 unspecified atom stereocenters. The molecule has 2 aromatic rings. The van der Waals surface area contributed by atoms with Crippen LogP contribution in [0.5, 0.6) is 5.75 Å². The van der Waals surface area contributed by atoms with Gasteiger partial charge in [0.1, 0.15) is 11.6 Å². The molecule has 0 bridgehead atoms. The van der Waals surface area contributed by atoms with Crippen LogP contribution in [0, 0.1) is 5.82 Å². The Labute approximate surface area is 133 Å². The predicted molar refractivity (Wildman–Crippen MR) is 82.8 cm³/mol. The van der Waals surface area contributed by atoms with Crippen LogP contribution in [0.2, 0.25) is 10.0 Å². The molecule has 0 amide bonds. The normalized spacial score (nSPS) is 12.2. The molecule has 2 nitrogen and oxygen atoms in total. The highest BCUT2D eigenvalue weighted by Crippen LogP contribution is 2.26. The maximum atomic E-state index is 13.7. The van der Waals surface area contributed by atoms with E-state index in [2.05, 4.69) is 0 Å². The van der Waals surface area contributed by atoms with Crippen LogP contribution in [0.4, 0.5) is 4.39 Å². The first kappa shape index (κ1) is 16.1. The van der Waals surface area contributed by atoms with E-state index in [1.165, 1.54) is 12.1 Å². The molecule has 0 spiro atoms. The van der Waals surface area contributed by atoms with Gasteiger partial charge in [-0.15, -0.1) is 0 Å². The fourth-order valence-corrected chi connectivity index (χ4v) is 2.63. The fraction of sp³-hybridized carbons (Fsp3) is 0.250. The second kappa shape index (κ2) is 7.12. The van der Waals surface area contributed by atoms with Crippen LogP contribution >= 0.6 is 23.2 Å². The van der Waals surface area contributed by atoms with E-state index in [1.54, 1.807) is 31.4 Å². The first-order valence-electron chi connectivity index (χ1n) is 6.44. The molecule has 1 N–H and O–H groups in total. The van der Waals surface area contributed by atoms with Crippen LogP contribution in [-0.2, 0) is 12.8 Å². The zero-order chi connectivity index (χ0) is 15.4. The minimum atomic E-state index is -0.785. The Morgan fingerprint density at radius 3 is 2.62 bits per heavy atom. The Morgan fingerprint density at radius 1 is 1.19 bits per heavy atom. The number of aliphatic hydroxyl groups is 1. The quantitative estimate of drug-likeness (QED) is 0.887. The van der Waals surface area contributed by atoms with Gasteiger partial charge >= 0.3 is 0 Å². The van der Waals surface area contributed by atoms with E-state index in [4.69, 9.17) is 27.9 Å². The number of ether oxygens (including phenoxy) is 1. The van der Waals surface area contributed by atoms with Crippen LogP contribution in [0.15, 0.2) is 36.4 Å². The molecule has 0 saturated heterocycles. The van der Waals surface area contributed by atoms with Crippen LogP contribution in [0.1, 0.15) is 11.1 Å². The third kappa shape index (κ3) is 4.10. The highest BCUT2D eigenvalue weighted by molar-refractivity contribution is 6.31. The van der Waals surface area contributed by atoms with Gasteiger partial charge in [-0.2, -0.15) is 0 Å². The van der Waals surface area contributed by atoms with Gasteiger partial charge in [0, 0.05) is 28.5 Å². The molecule has 0 aliphatic carbocycles. The van der Waals surface area contributed by atoms with Gasteiger partial charge in [0.15, 0.2) is 0 Å². The van der Waals surface area contributed by atoms with Gasteiger partial charge < -0.3 is 9.84 Å². The van der Waals surface area contributed by atoms with Crippen molar-refractivity contribution < 1.29 is 14.2 Å². The number of aliphatic hydroxyl groups excluding tert-OH is 1. The van der Waals surface area contributed by atoms with Crippen molar-refractivity contribution >= 4 is 23.2 Å².